The third-order valence-electron chi connectivity index (χ3n) is 3.23. The van der Waals surface area contributed by atoms with E-state index in [4.69, 9.17) is 4.42 Å². The van der Waals surface area contributed by atoms with Crippen LogP contribution in [0.15, 0.2) is 46.2 Å². The van der Waals surface area contributed by atoms with Crippen molar-refractivity contribution in [1.82, 2.24) is 20.0 Å². The largest absolute Gasteiger partial charge is 0.437 e. The molecule has 3 aromatic rings. The van der Waals surface area contributed by atoms with Gasteiger partial charge in [0.1, 0.15) is 5.76 Å². The van der Waals surface area contributed by atoms with E-state index in [0.29, 0.717) is 5.22 Å². The van der Waals surface area contributed by atoms with Crippen molar-refractivity contribution in [1.29, 1.82) is 0 Å². The molecule has 0 saturated heterocycles. The average molecular weight is 300 g/mol. The molecule has 0 spiro atoms. The maximum Gasteiger partial charge on any atom is 0.256 e. The van der Waals surface area contributed by atoms with E-state index in [0.717, 1.165) is 22.8 Å². The Bertz CT molecular complexity index is 716. The first-order valence-corrected chi connectivity index (χ1v) is 7.60. The van der Waals surface area contributed by atoms with Crippen molar-refractivity contribution < 1.29 is 4.42 Å². The molecule has 108 valence electrons. The fraction of sp³-hybridized carbons (Fsp3) is 0.267. The van der Waals surface area contributed by atoms with Gasteiger partial charge in [0.25, 0.3) is 5.22 Å². The molecule has 0 aliphatic carbocycles. The molecule has 0 N–H and O–H groups in total. The lowest BCUT2D eigenvalue weighted by Crippen LogP contribution is -1.93. The summed E-state index contributed by atoms with van der Waals surface area (Å²) in [5.41, 5.74) is 2.83. The summed E-state index contributed by atoms with van der Waals surface area (Å²) in [6.45, 7) is 5.93. The van der Waals surface area contributed by atoms with Gasteiger partial charge in [0.15, 0.2) is 0 Å². The standard InChI is InChI=1S/C15H16N4OS/c1-10-11(2)20-15(16-10)21-12(3)14-9-19(18-17-14)13-7-5-4-6-8-13/h4-9,12H,1-3H3/t12-/m1/s1. The Hall–Kier alpha value is -2.08. The van der Waals surface area contributed by atoms with E-state index in [1.54, 1.807) is 16.4 Å². The van der Waals surface area contributed by atoms with Crippen LogP contribution in [0.4, 0.5) is 0 Å². The summed E-state index contributed by atoms with van der Waals surface area (Å²) in [7, 11) is 0. The SMILES string of the molecule is Cc1nc(S[C@H](C)c2cn(-c3ccccc3)nn2)oc1C. The fourth-order valence-corrected chi connectivity index (χ4v) is 2.77. The second-order valence-electron chi connectivity index (χ2n) is 4.80. The minimum Gasteiger partial charge on any atom is -0.437 e. The first kappa shape index (κ1) is 13.9. The van der Waals surface area contributed by atoms with Gasteiger partial charge in [0, 0.05) is 0 Å². The van der Waals surface area contributed by atoms with Crippen molar-refractivity contribution in [3.8, 4) is 5.69 Å². The number of benzene rings is 1. The molecular formula is C15H16N4OS. The maximum atomic E-state index is 5.59. The lowest BCUT2D eigenvalue weighted by molar-refractivity contribution is 0.430. The Labute approximate surface area is 127 Å². The van der Waals surface area contributed by atoms with Crippen LogP contribution in [0.3, 0.4) is 0 Å². The summed E-state index contributed by atoms with van der Waals surface area (Å²) in [4.78, 5) is 4.38. The molecular weight excluding hydrogens is 284 g/mol. The summed E-state index contributed by atoms with van der Waals surface area (Å²) in [6, 6.07) is 9.93. The Morgan fingerprint density at radius 2 is 1.95 bits per heavy atom. The summed E-state index contributed by atoms with van der Waals surface area (Å²) in [5, 5.41) is 9.21. The van der Waals surface area contributed by atoms with E-state index in [2.05, 4.69) is 22.2 Å². The lowest BCUT2D eigenvalue weighted by Gasteiger charge is -2.03. The predicted octanol–water partition coefficient (Wildman–Crippen LogP) is 3.73. The van der Waals surface area contributed by atoms with Crippen LogP contribution < -0.4 is 0 Å². The van der Waals surface area contributed by atoms with Crippen LogP contribution in [0, 0.1) is 13.8 Å². The van der Waals surface area contributed by atoms with Crippen LogP contribution >= 0.6 is 11.8 Å². The molecule has 0 saturated carbocycles. The first-order valence-electron chi connectivity index (χ1n) is 6.72. The molecule has 0 unspecified atom stereocenters. The smallest absolute Gasteiger partial charge is 0.256 e. The van der Waals surface area contributed by atoms with E-state index in [-0.39, 0.29) is 5.25 Å². The lowest BCUT2D eigenvalue weighted by atomic mass is 10.3. The number of para-hydroxylation sites is 1. The van der Waals surface area contributed by atoms with Crippen molar-refractivity contribution >= 4 is 11.8 Å². The van der Waals surface area contributed by atoms with Crippen molar-refractivity contribution in [2.45, 2.75) is 31.2 Å². The molecule has 0 fully saturated rings. The van der Waals surface area contributed by atoms with Gasteiger partial charge in [-0.15, -0.1) is 5.10 Å². The van der Waals surface area contributed by atoms with Gasteiger partial charge in [-0.05, 0) is 32.9 Å². The van der Waals surface area contributed by atoms with Crippen LogP contribution in [0.25, 0.3) is 5.69 Å². The molecule has 2 heterocycles. The number of hydrogen-bond donors (Lipinski definition) is 0. The molecule has 6 heteroatoms. The second-order valence-corrected chi connectivity index (χ2v) is 6.10. The van der Waals surface area contributed by atoms with E-state index in [1.165, 1.54) is 0 Å². The third kappa shape index (κ3) is 3.00. The fourth-order valence-electron chi connectivity index (χ4n) is 1.88. The highest BCUT2D eigenvalue weighted by Crippen LogP contribution is 2.34. The van der Waals surface area contributed by atoms with Gasteiger partial charge < -0.3 is 4.42 Å². The third-order valence-corrected chi connectivity index (χ3v) is 4.21. The number of aromatic nitrogens is 4. The minimum absolute atomic E-state index is 0.125. The summed E-state index contributed by atoms with van der Waals surface area (Å²) in [5.74, 6) is 0.859. The molecule has 0 amide bonds. The van der Waals surface area contributed by atoms with E-state index >= 15 is 0 Å². The van der Waals surface area contributed by atoms with Crippen molar-refractivity contribution in [2.75, 3.05) is 0 Å². The van der Waals surface area contributed by atoms with Gasteiger partial charge in [-0.1, -0.05) is 35.2 Å². The maximum absolute atomic E-state index is 5.59. The molecule has 5 nitrogen and oxygen atoms in total. The van der Waals surface area contributed by atoms with E-state index in [9.17, 15) is 0 Å². The number of aryl methyl sites for hydroxylation is 2. The molecule has 1 aromatic carbocycles. The Morgan fingerprint density at radius 1 is 1.19 bits per heavy atom. The molecule has 0 aliphatic rings. The van der Waals surface area contributed by atoms with Crippen LogP contribution in [-0.2, 0) is 0 Å². The molecule has 2 aromatic heterocycles. The molecule has 1 atom stereocenters. The van der Waals surface area contributed by atoms with E-state index in [1.807, 2.05) is 50.4 Å². The highest BCUT2D eigenvalue weighted by molar-refractivity contribution is 7.99. The number of thioether (sulfide) groups is 1. The predicted molar refractivity (Wildman–Crippen MR) is 81.6 cm³/mol. The zero-order chi connectivity index (χ0) is 14.8. The van der Waals surface area contributed by atoms with Gasteiger partial charge >= 0.3 is 0 Å². The van der Waals surface area contributed by atoms with E-state index < -0.39 is 0 Å². The minimum atomic E-state index is 0.125. The topological polar surface area (TPSA) is 56.7 Å². The van der Waals surface area contributed by atoms with Crippen molar-refractivity contribution in [3.63, 3.8) is 0 Å². The zero-order valence-electron chi connectivity index (χ0n) is 12.1. The van der Waals surface area contributed by atoms with Gasteiger partial charge in [-0.25, -0.2) is 9.67 Å². The Morgan fingerprint density at radius 3 is 2.62 bits per heavy atom. The Balaban J connectivity index is 1.76. The van der Waals surface area contributed by atoms with Gasteiger partial charge in [-0.3, -0.25) is 0 Å². The highest BCUT2D eigenvalue weighted by Gasteiger charge is 2.16. The van der Waals surface area contributed by atoms with Gasteiger partial charge in [0.2, 0.25) is 0 Å². The molecule has 0 aliphatic heterocycles. The van der Waals surface area contributed by atoms with Crippen molar-refractivity contribution in [2.24, 2.45) is 0 Å². The highest BCUT2D eigenvalue weighted by atomic mass is 32.2. The zero-order valence-corrected chi connectivity index (χ0v) is 13.0. The summed E-state index contributed by atoms with van der Waals surface area (Å²) >= 11 is 1.55. The number of nitrogens with zero attached hydrogens (tertiary/aromatic N) is 4. The van der Waals surface area contributed by atoms with Crippen LogP contribution in [-0.4, -0.2) is 20.0 Å². The number of hydrogen-bond acceptors (Lipinski definition) is 5. The van der Waals surface area contributed by atoms with Crippen LogP contribution in [0.5, 0.6) is 0 Å². The molecule has 21 heavy (non-hydrogen) atoms. The van der Waals surface area contributed by atoms with Gasteiger partial charge in [0.05, 0.1) is 28.5 Å². The van der Waals surface area contributed by atoms with Crippen LogP contribution in [0.1, 0.15) is 29.3 Å². The number of oxazole rings is 1. The normalized spacial score (nSPS) is 12.5. The average Bonchev–Trinajstić information content (AvgIpc) is 3.08. The Kier molecular flexibility index (Phi) is 3.79. The van der Waals surface area contributed by atoms with Crippen LogP contribution in [0.2, 0.25) is 0 Å². The summed E-state index contributed by atoms with van der Waals surface area (Å²) in [6.07, 6.45) is 1.94. The molecule has 0 bridgehead atoms. The first-order chi connectivity index (χ1) is 10.1. The molecule has 3 rings (SSSR count). The number of rotatable bonds is 4. The summed E-state index contributed by atoms with van der Waals surface area (Å²) < 4.78 is 7.37. The quantitative estimate of drug-likeness (QED) is 0.687. The van der Waals surface area contributed by atoms with Gasteiger partial charge in [-0.2, -0.15) is 0 Å². The monoisotopic (exact) mass is 300 g/mol. The second kappa shape index (κ2) is 5.73. The molecule has 0 radical (unpaired) electrons. The van der Waals surface area contributed by atoms with Crippen molar-refractivity contribution in [3.05, 3.63) is 53.7 Å².